The molecule has 1 aliphatic rings. The Morgan fingerprint density at radius 3 is 3.00 bits per heavy atom. The molecule has 2 aromatic rings. The third kappa shape index (κ3) is 3.02. The van der Waals surface area contributed by atoms with Gasteiger partial charge in [0.25, 0.3) is 0 Å². The summed E-state index contributed by atoms with van der Waals surface area (Å²) in [5.74, 6) is 1.13. The van der Waals surface area contributed by atoms with Gasteiger partial charge in [0.2, 0.25) is 11.8 Å². The van der Waals surface area contributed by atoms with Crippen molar-refractivity contribution < 1.29 is 9.15 Å². The summed E-state index contributed by atoms with van der Waals surface area (Å²) in [6.45, 7) is 2.15. The number of rotatable bonds is 4. The first-order chi connectivity index (χ1) is 9.33. The maximum absolute atomic E-state index is 5.65. The normalized spacial score (nSPS) is 18.9. The zero-order chi connectivity index (χ0) is 13.1. The van der Waals surface area contributed by atoms with Crippen molar-refractivity contribution in [2.75, 3.05) is 13.2 Å². The van der Waals surface area contributed by atoms with Crippen molar-refractivity contribution in [2.24, 2.45) is 0 Å². The van der Waals surface area contributed by atoms with Crippen LogP contribution in [0.15, 0.2) is 33.2 Å². The zero-order valence-corrected chi connectivity index (χ0v) is 11.9. The fourth-order valence-corrected chi connectivity index (χ4v) is 2.45. The summed E-state index contributed by atoms with van der Waals surface area (Å²) < 4.78 is 11.9. The van der Waals surface area contributed by atoms with E-state index < -0.39 is 0 Å². The molecule has 0 bridgehead atoms. The monoisotopic (exact) mass is 323 g/mol. The highest BCUT2D eigenvalue weighted by atomic mass is 79.9. The van der Waals surface area contributed by atoms with E-state index in [0.717, 1.165) is 29.7 Å². The summed E-state index contributed by atoms with van der Waals surface area (Å²) in [6.07, 6.45) is 1.03. The van der Waals surface area contributed by atoms with E-state index in [1.165, 1.54) is 0 Å². The second-order valence-electron chi connectivity index (χ2n) is 4.42. The Morgan fingerprint density at radius 2 is 2.21 bits per heavy atom. The maximum atomic E-state index is 5.65. The summed E-state index contributed by atoms with van der Waals surface area (Å²) in [5, 5.41) is 11.5. The number of benzene rings is 1. The van der Waals surface area contributed by atoms with Crippen molar-refractivity contribution in [3.63, 3.8) is 0 Å². The molecule has 1 aromatic heterocycles. The number of ether oxygens (including phenoxy) is 1. The van der Waals surface area contributed by atoms with Gasteiger partial charge in [0, 0.05) is 17.1 Å². The topological polar surface area (TPSA) is 60.2 Å². The van der Waals surface area contributed by atoms with Crippen LogP contribution in [0.4, 0.5) is 0 Å². The van der Waals surface area contributed by atoms with Crippen LogP contribution in [0.25, 0.3) is 11.5 Å². The molecule has 0 saturated carbocycles. The lowest BCUT2D eigenvalue weighted by atomic mass is 10.2. The van der Waals surface area contributed by atoms with Crippen molar-refractivity contribution in [1.82, 2.24) is 15.5 Å². The molecule has 1 aromatic carbocycles. The van der Waals surface area contributed by atoms with Gasteiger partial charge in [0.1, 0.15) is 0 Å². The third-order valence-corrected chi connectivity index (χ3v) is 3.73. The van der Waals surface area contributed by atoms with E-state index in [2.05, 4.69) is 31.4 Å². The summed E-state index contributed by atoms with van der Waals surface area (Å²) in [6, 6.07) is 8.18. The van der Waals surface area contributed by atoms with E-state index in [-0.39, 0.29) is 0 Å². The van der Waals surface area contributed by atoms with E-state index in [0.29, 0.717) is 24.4 Å². The highest BCUT2D eigenvalue weighted by molar-refractivity contribution is 9.10. The molecular weight excluding hydrogens is 310 g/mol. The Morgan fingerprint density at radius 1 is 1.32 bits per heavy atom. The number of halogens is 1. The van der Waals surface area contributed by atoms with Crippen LogP contribution in [-0.4, -0.2) is 29.5 Å². The molecule has 0 amide bonds. The number of hydrogen-bond acceptors (Lipinski definition) is 5. The maximum Gasteiger partial charge on any atom is 0.248 e. The van der Waals surface area contributed by atoms with Crippen LogP contribution in [0.2, 0.25) is 0 Å². The van der Waals surface area contributed by atoms with Crippen LogP contribution < -0.4 is 5.32 Å². The lowest BCUT2D eigenvalue weighted by Crippen LogP contribution is -2.28. The zero-order valence-electron chi connectivity index (χ0n) is 10.3. The fraction of sp³-hybridized carbons (Fsp3) is 0.385. The molecule has 19 heavy (non-hydrogen) atoms. The molecule has 1 N–H and O–H groups in total. The van der Waals surface area contributed by atoms with Gasteiger partial charge in [-0.3, -0.25) is 0 Å². The second-order valence-corrected chi connectivity index (χ2v) is 5.28. The first kappa shape index (κ1) is 12.8. The lowest BCUT2D eigenvalue weighted by molar-refractivity contribution is 0.189. The molecule has 5 nitrogen and oxygen atoms in total. The molecular formula is C13H14BrN3O2. The third-order valence-electron chi connectivity index (χ3n) is 3.04. The molecule has 3 rings (SSSR count). The number of nitrogens with zero attached hydrogens (tertiary/aromatic N) is 2. The minimum atomic E-state index is 0.388. The van der Waals surface area contributed by atoms with Gasteiger partial charge in [0.05, 0.1) is 18.7 Å². The largest absolute Gasteiger partial charge is 0.419 e. The van der Waals surface area contributed by atoms with E-state index in [9.17, 15) is 0 Å². The van der Waals surface area contributed by atoms with Crippen LogP contribution >= 0.6 is 15.9 Å². The highest BCUT2D eigenvalue weighted by Crippen LogP contribution is 2.26. The van der Waals surface area contributed by atoms with Gasteiger partial charge in [-0.15, -0.1) is 10.2 Å². The fourth-order valence-electron chi connectivity index (χ4n) is 2.00. The van der Waals surface area contributed by atoms with Gasteiger partial charge in [0.15, 0.2) is 0 Å². The summed E-state index contributed by atoms with van der Waals surface area (Å²) in [7, 11) is 0. The molecule has 6 heteroatoms. The molecule has 0 radical (unpaired) electrons. The van der Waals surface area contributed by atoms with Crippen LogP contribution in [0, 0.1) is 0 Å². The SMILES string of the molecule is Brc1ccccc1-c1nnc(CNC2CCOC2)o1. The number of hydrogen-bond donors (Lipinski definition) is 1. The van der Waals surface area contributed by atoms with Gasteiger partial charge in [-0.2, -0.15) is 0 Å². The minimum Gasteiger partial charge on any atom is -0.419 e. The highest BCUT2D eigenvalue weighted by Gasteiger charge is 2.16. The van der Waals surface area contributed by atoms with Crippen LogP contribution in [-0.2, 0) is 11.3 Å². The first-order valence-electron chi connectivity index (χ1n) is 6.21. The van der Waals surface area contributed by atoms with E-state index >= 15 is 0 Å². The van der Waals surface area contributed by atoms with E-state index in [1.807, 2.05) is 24.3 Å². The summed E-state index contributed by atoms with van der Waals surface area (Å²) in [4.78, 5) is 0. The molecule has 0 spiro atoms. The average molecular weight is 324 g/mol. The quantitative estimate of drug-likeness (QED) is 0.936. The predicted octanol–water partition coefficient (Wildman–Crippen LogP) is 2.38. The number of nitrogens with one attached hydrogen (secondary N) is 1. The van der Waals surface area contributed by atoms with E-state index in [1.54, 1.807) is 0 Å². The van der Waals surface area contributed by atoms with Crippen LogP contribution in [0.3, 0.4) is 0 Å². The van der Waals surface area contributed by atoms with Gasteiger partial charge in [-0.05, 0) is 34.5 Å². The molecule has 1 aliphatic heterocycles. The second kappa shape index (κ2) is 5.81. The molecule has 1 saturated heterocycles. The molecule has 100 valence electrons. The minimum absolute atomic E-state index is 0.388. The smallest absolute Gasteiger partial charge is 0.248 e. The van der Waals surface area contributed by atoms with Crippen molar-refractivity contribution >= 4 is 15.9 Å². The Balaban J connectivity index is 1.67. The average Bonchev–Trinajstić information content (AvgIpc) is 3.08. The van der Waals surface area contributed by atoms with Crippen molar-refractivity contribution in [2.45, 2.75) is 19.0 Å². The Hall–Kier alpha value is -1.24. The Labute approximate surface area is 119 Å². The molecule has 1 atom stereocenters. The molecule has 2 heterocycles. The predicted molar refractivity (Wildman–Crippen MR) is 73.5 cm³/mol. The Kier molecular flexibility index (Phi) is 3.91. The van der Waals surface area contributed by atoms with Gasteiger partial charge >= 0.3 is 0 Å². The summed E-state index contributed by atoms with van der Waals surface area (Å²) in [5.41, 5.74) is 0.908. The summed E-state index contributed by atoms with van der Waals surface area (Å²) >= 11 is 3.48. The van der Waals surface area contributed by atoms with Crippen molar-refractivity contribution in [3.8, 4) is 11.5 Å². The Bertz CT molecular complexity index is 552. The van der Waals surface area contributed by atoms with Crippen molar-refractivity contribution in [1.29, 1.82) is 0 Å². The van der Waals surface area contributed by atoms with Gasteiger partial charge in [-0.1, -0.05) is 12.1 Å². The van der Waals surface area contributed by atoms with Crippen LogP contribution in [0.1, 0.15) is 12.3 Å². The number of aromatic nitrogens is 2. The van der Waals surface area contributed by atoms with Gasteiger partial charge in [-0.25, -0.2) is 0 Å². The molecule has 0 aliphatic carbocycles. The van der Waals surface area contributed by atoms with Crippen LogP contribution in [0.5, 0.6) is 0 Å². The lowest BCUT2D eigenvalue weighted by Gasteiger charge is -2.06. The molecule has 1 fully saturated rings. The standard InChI is InChI=1S/C13H14BrN3O2/c14-11-4-2-1-3-10(11)13-17-16-12(19-13)7-15-9-5-6-18-8-9/h1-4,9,15H,5-8H2. The van der Waals surface area contributed by atoms with Crippen molar-refractivity contribution in [3.05, 3.63) is 34.6 Å². The first-order valence-corrected chi connectivity index (χ1v) is 7.00. The van der Waals surface area contributed by atoms with E-state index in [4.69, 9.17) is 9.15 Å². The molecule has 1 unspecified atom stereocenters. The van der Waals surface area contributed by atoms with Gasteiger partial charge < -0.3 is 14.5 Å².